The number of allylic oxidation sites excluding steroid dienone is 1. The molecule has 9 nitrogen and oxygen atoms in total. The van der Waals surface area contributed by atoms with Crippen molar-refractivity contribution < 1.29 is 4.79 Å². The molecule has 2 aromatic heterocycles. The molecular weight excluding hydrogens is 512 g/mol. The zero-order valence-corrected chi connectivity index (χ0v) is 23.0. The Bertz CT molecular complexity index is 1690. The quantitative estimate of drug-likeness (QED) is 0.224. The fourth-order valence-corrected chi connectivity index (χ4v) is 5.31. The number of hydrogen-bond donors (Lipinski definition) is 2. The lowest BCUT2D eigenvalue weighted by molar-refractivity contribution is -0.128. The van der Waals surface area contributed by atoms with Crippen molar-refractivity contribution in [3.05, 3.63) is 95.8 Å². The smallest absolute Gasteiger partial charge is 0.252 e. The van der Waals surface area contributed by atoms with Gasteiger partial charge in [-0.05, 0) is 56.2 Å². The van der Waals surface area contributed by atoms with Crippen LogP contribution >= 0.6 is 0 Å². The summed E-state index contributed by atoms with van der Waals surface area (Å²) in [5.41, 5.74) is 12.8. The number of aromatic nitrogens is 4. The van der Waals surface area contributed by atoms with Crippen molar-refractivity contribution in [1.82, 2.24) is 24.6 Å². The summed E-state index contributed by atoms with van der Waals surface area (Å²) < 4.78 is 1.88. The highest BCUT2D eigenvalue weighted by atomic mass is 16.2. The monoisotopic (exact) mass is 544 g/mol. The molecule has 3 N–H and O–H groups in total. The fourth-order valence-electron chi connectivity index (χ4n) is 5.31. The first-order chi connectivity index (χ1) is 19.9. The van der Waals surface area contributed by atoms with Gasteiger partial charge in [-0.25, -0.2) is 19.5 Å². The van der Waals surface area contributed by atoms with Crippen molar-refractivity contribution in [2.24, 2.45) is 5.92 Å². The minimum Gasteiger partial charge on any atom is -0.383 e. The number of fused-ring (bicyclic) bond motifs is 1. The summed E-state index contributed by atoms with van der Waals surface area (Å²) >= 11 is 0. The number of piperidine rings is 1. The Morgan fingerprint density at radius 3 is 2.59 bits per heavy atom. The number of rotatable bonds is 7. The van der Waals surface area contributed by atoms with E-state index in [1.807, 2.05) is 47.2 Å². The second-order valence-electron chi connectivity index (χ2n) is 10.8. The van der Waals surface area contributed by atoms with Gasteiger partial charge in [0.1, 0.15) is 17.8 Å². The van der Waals surface area contributed by atoms with Crippen molar-refractivity contribution in [1.29, 1.82) is 0 Å². The Morgan fingerprint density at radius 1 is 1.12 bits per heavy atom. The second-order valence-corrected chi connectivity index (χ2v) is 10.8. The van der Waals surface area contributed by atoms with Gasteiger partial charge in [0, 0.05) is 30.0 Å². The van der Waals surface area contributed by atoms with Gasteiger partial charge < -0.3 is 16.0 Å². The van der Waals surface area contributed by atoms with Crippen LogP contribution in [0.5, 0.6) is 0 Å². The molecule has 1 saturated carbocycles. The number of likely N-dealkylation sites (tertiary alicyclic amines) is 1. The molecule has 1 saturated heterocycles. The topological polar surface area (TPSA) is 106 Å². The number of nitrogens with zero attached hydrogens (tertiary/aromatic N) is 6. The lowest BCUT2D eigenvalue weighted by Crippen LogP contribution is -2.41. The summed E-state index contributed by atoms with van der Waals surface area (Å²) in [5, 5.41) is 9.06. The number of hydrogen-bond acceptors (Lipinski definition) is 6. The standard InChI is InChI=1S/C32H32N8O/c1-20-6-10-23(11-7-20)21(2)37-25-14-12-24(13-15-25)29-28-30(33)35-19-36-31(28)40(38-29)26-5-4-16-39(18-26)32(41)27(34-3)17-22-8-9-22/h6-7,10-15,17,19,22,26,37H,2,4-5,8-9,16,18H2,1H3,(H2,33,35,36)/b27-17-/t26-/m1/s1. The Morgan fingerprint density at radius 2 is 1.88 bits per heavy atom. The number of anilines is 2. The lowest BCUT2D eigenvalue weighted by Gasteiger charge is -2.33. The van der Waals surface area contributed by atoms with Crippen LogP contribution in [-0.4, -0.2) is 43.6 Å². The number of aryl methyl sites for hydroxylation is 1. The third-order valence-electron chi connectivity index (χ3n) is 7.76. The zero-order valence-electron chi connectivity index (χ0n) is 23.0. The van der Waals surface area contributed by atoms with Gasteiger partial charge in [-0.1, -0.05) is 54.6 Å². The highest BCUT2D eigenvalue weighted by Gasteiger charge is 2.31. The van der Waals surface area contributed by atoms with Crippen molar-refractivity contribution >= 4 is 34.1 Å². The van der Waals surface area contributed by atoms with E-state index >= 15 is 0 Å². The van der Waals surface area contributed by atoms with E-state index in [0.717, 1.165) is 48.2 Å². The molecule has 1 aliphatic carbocycles. The largest absolute Gasteiger partial charge is 0.383 e. The summed E-state index contributed by atoms with van der Waals surface area (Å²) in [6.07, 6.45) is 7.04. The van der Waals surface area contributed by atoms with Crippen molar-refractivity contribution in [2.45, 2.75) is 38.6 Å². The normalized spacial score (nSPS) is 17.3. The summed E-state index contributed by atoms with van der Waals surface area (Å²) in [4.78, 5) is 27.3. The van der Waals surface area contributed by atoms with Gasteiger partial charge in [0.25, 0.3) is 5.91 Å². The molecule has 0 radical (unpaired) electrons. The highest BCUT2D eigenvalue weighted by Crippen LogP contribution is 2.35. The van der Waals surface area contributed by atoms with E-state index in [4.69, 9.17) is 17.4 Å². The van der Waals surface area contributed by atoms with E-state index in [2.05, 4.69) is 45.8 Å². The first-order valence-electron chi connectivity index (χ1n) is 13.9. The van der Waals surface area contributed by atoms with Gasteiger partial charge in [-0.15, -0.1) is 0 Å². The Labute approximate surface area is 239 Å². The summed E-state index contributed by atoms with van der Waals surface area (Å²) in [5.74, 6) is 0.526. The Hall–Kier alpha value is -4.97. The minimum absolute atomic E-state index is 0.0927. The molecule has 9 heteroatoms. The van der Waals surface area contributed by atoms with Gasteiger partial charge in [0.2, 0.25) is 5.70 Å². The van der Waals surface area contributed by atoms with Crippen molar-refractivity contribution in [3.8, 4) is 11.3 Å². The number of nitrogens with two attached hydrogens (primary N) is 1. The third kappa shape index (κ3) is 5.41. The lowest BCUT2D eigenvalue weighted by atomic mass is 10.1. The molecule has 4 aromatic rings. The van der Waals surface area contributed by atoms with Gasteiger partial charge in [0.05, 0.1) is 18.0 Å². The molecule has 41 heavy (non-hydrogen) atoms. The Kier molecular flexibility index (Phi) is 6.98. The molecule has 0 bridgehead atoms. The number of nitrogen functional groups attached to an aromatic ring is 1. The van der Waals surface area contributed by atoms with Crippen LogP contribution in [0.15, 0.2) is 73.2 Å². The van der Waals surface area contributed by atoms with Crippen LogP contribution in [0.25, 0.3) is 32.8 Å². The third-order valence-corrected chi connectivity index (χ3v) is 7.76. The van der Waals surface area contributed by atoms with Crippen LogP contribution in [0.2, 0.25) is 0 Å². The van der Waals surface area contributed by atoms with E-state index in [1.165, 1.54) is 11.9 Å². The van der Waals surface area contributed by atoms with Crippen LogP contribution in [0.4, 0.5) is 11.5 Å². The van der Waals surface area contributed by atoms with E-state index in [9.17, 15) is 4.79 Å². The number of amides is 1. The molecule has 3 heterocycles. The van der Waals surface area contributed by atoms with E-state index < -0.39 is 0 Å². The Balaban J connectivity index is 1.27. The zero-order chi connectivity index (χ0) is 28.5. The van der Waals surface area contributed by atoms with Crippen LogP contribution in [-0.2, 0) is 4.79 Å². The molecule has 206 valence electrons. The summed E-state index contributed by atoms with van der Waals surface area (Å²) in [6, 6.07) is 16.1. The molecule has 2 fully saturated rings. The molecule has 2 aromatic carbocycles. The molecule has 1 atom stereocenters. The van der Waals surface area contributed by atoms with Crippen molar-refractivity contribution in [3.63, 3.8) is 0 Å². The van der Waals surface area contributed by atoms with Crippen LogP contribution in [0.1, 0.15) is 42.9 Å². The minimum atomic E-state index is -0.197. The molecule has 0 spiro atoms. The molecular formula is C32H32N8O. The number of carbonyl (C=O) groups is 1. The maximum Gasteiger partial charge on any atom is 0.252 e. The predicted molar refractivity (Wildman–Crippen MR) is 161 cm³/mol. The SMILES string of the molecule is [C-]#[N+]/C(=C\C1CC1)C(=O)N1CCC[C@@H](n2nc(-c3ccc(NC(=C)c4ccc(C)cc4)cc3)c3c(N)ncnc32)C1. The fraction of sp³-hybridized carbons (Fsp3) is 0.281. The average molecular weight is 545 g/mol. The average Bonchev–Trinajstić information content (AvgIpc) is 3.73. The molecule has 0 unspecified atom stereocenters. The molecule has 6 rings (SSSR count). The van der Waals surface area contributed by atoms with Crippen LogP contribution < -0.4 is 11.1 Å². The number of nitrogens with one attached hydrogen (secondary N) is 1. The second kappa shape index (κ2) is 10.9. The maximum absolute atomic E-state index is 13.2. The number of carbonyl (C=O) groups excluding carboxylic acids is 1. The van der Waals surface area contributed by atoms with E-state index in [1.54, 1.807) is 4.90 Å². The first-order valence-corrected chi connectivity index (χ1v) is 13.9. The summed E-state index contributed by atoms with van der Waals surface area (Å²) in [7, 11) is 0. The van der Waals surface area contributed by atoms with Crippen LogP contribution in [0.3, 0.4) is 0 Å². The highest BCUT2D eigenvalue weighted by molar-refractivity contribution is 5.98. The van der Waals surface area contributed by atoms with Crippen LogP contribution in [0, 0.1) is 19.4 Å². The maximum atomic E-state index is 13.2. The number of benzene rings is 2. The predicted octanol–water partition coefficient (Wildman–Crippen LogP) is 5.84. The molecule has 1 amide bonds. The van der Waals surface area contributed by atoms with Gasteiger partial charge in [-0.2, -0.15) is 5.10 Å². The molecule has 1 aliphatic heterocycles. The summed E-state index contributed by atoms with van der Waals surface area (Å²) in [6.45, 7) is 14.9. The van der Waals surface area contributed by atoms with E-state index in [-0.39, 0.29) is 17.6 Å². The van der Waals surface area contributed by atoms with Gasteiger partial charge in [0.15, 0.2) is 5.65 Å². The van der Waals surface area contributed by atoms with Crippen molar-refractivity contribution in [2.75, 3.05) is 24.1 Å². The van der Waals surface area contributed by atoms with Gasteiger partial charge >= 0.3 is 0 Å². The van der Waals surface area contributed by atoms with E-state index in [0.29, 0.717) is 41.6 Å². The first kappa shape index (κ1) is 26.3. The molecule has 2 aliphatic rings. The van der Waals surface area contributed by atoms with Gasteiger partial charge in [-0.3, -0.25) is 4.79 Å².